The van der Waals surface area contributed by atoms with Crippen molar-refractivity contribution in [1.29, 1.82) is 0 Å². The Balaban J connectivity index is 1.88. The minimum absolute atomic E-state index is 0.0438. The molecule has 0 spiro atoms. The van der Waals surface area contributed by atoms with Crippen LogP contribution in [0.3, 0.4) is 0 Å². The van der Waals surface area contributed by atoms with Gasteiger partial charge in [-0.05, 0) is 54.8 Å². The normalized spacial score (nSPS) is 11.0. The maximum atomic E-state index is 12.2. The monoisotopic (exact) mass is 394 g/mol. The van der Waals surface area contributed by atoms with E-state index >= 15 is 0 Å². The Labute approximate surface area is 157 Å². The number of nitrogens with one attached hydrogen (secondary N) is 2. The summed E-state index contributed by atoms with van der Waals surface area (Å²) < 4.78 is 26.5. The van der Waals surface area contributed by atoms with Crippen LogP contribution in [0.25, 0.3) is 0 Å². The van der Waals surface area contributed by atoms with Crippen molar-refractivity contribution in [2.75, 3.05) is 5.32 Å². The maximum Gasteiger partial charge on any atom is 0.264 e. The third kappa shape index (κ3) is 6.16. The fourth-order valence-corrected chi connectivity index (χ4v) is 3.42. The molecule has 0 saturated heterocycles. The zero-order valence-electron chi connectivity index (χ0n) is 14.2. The second-order valence-corrected chi connectivity index (χ2v) is 7.83. The average Bonchev–Trinajstić information content (AvgIpc) is 2.56. The minimum Gasteiger partial charge on any atom is -0.326 e. The van der Waals surface area contributed by atoms with E-state index in [0.717, 1.165) is 5.56 Å². The Bertz CT molecular complexity index is 878. The van der Waals surface area contributed by atoms with Crippen molar-refractivity contribution in [3.8, 4) is 0 Å². The summed E-state index contributed by atoms with van der Waals surface area (Å²) in [5, 5.41) is 3.18. The van der Waals surface area contributed by atoms with Crippen molar-refractivity contribution in [1.82, 2.24) is 4.72 Å². The summed E-state index contributed by atoms with van der Waals surface area (Å²) in [7, 11) is -3.94. The van der Waals surface area contributed by atoms with Gasteiger partial charge in [0.1, 0.15) is 0 Å². The zero-order chi connectivity index (χ0) is 19.2. The van der Waals surface area contributed by atoms with E-state index < -0.39 is 15.9 Å². The molecule has 0 aliphatic rings. The second kappa shape index (κ2) is 8.82. The first-order valence-corrected chi connectivity index (χ1v) is 9.80. The number of aryl methyl sites for hydroxylation is 1. The van der Waals surface area contributed by atoms with Crippen LogP contribution in [0, 0.1) is 0 Å². The van der Waals surface area contributed by atoms with Crippen molar-refractivity contribution >= 4 is 39.1 Å². The highest BCUT2D eigenvalue weighted by Gasteiger charge is 2.17. The van der Waals surface area contributed by atoms with Crippen LogP contribution in [-0.4, -0.2) is 20.2 Å². The van der Waals surface area contributed by atoms with Crippen molar-refractivity contribution in [3.63, 3.8) is 0 Å². The summed E-state index contributed by atoms with van der Waals surface area (Å²) in [6, 6.07) is 12.9. The second-order valence-electron chi connectivity index (χ2n) is 5.71. The van der Waals surface area contributed by atoms with E-state index in [-0.39, 0.29) is 17.2 Å². The van der Waals surface area contributed by atoms with Crippen LogP contribution >= 0.6 is 11.6 Å². The summed E-state index contributed by atoms with van der Waals surface area (Å²) in [6.07, 6.45) is 1.26. The first-order valence-electron chi connectivity index (χ1n) is 7.94. The summed E-state index contributed by atoms with van der Waals surface area (Å²) in [5.41, 5.74) is 1.50. The van der Waals surface area contributed by atoms with Crippen LogP contribution in [0.1, 0.15) is 25.3 Å². The number of carbonyl (C=O) groups is 2. The van der Waals surface area contributed by atoms with Gasteiger partial charge in [0, 0.05) is 24.1 Å². The topological polar surface area (TPSA) is 92.3 Å². The molecule has 0 aliphatic heterocycles. The van der Waals surface area contributed by atoms with Crippen LogP contribution in [0.15, 0.2) is 53.4 Å². The molecule has 2 aromatic rings. The Hall–Kier alpha value is -2.38. The summed E-state index contributed by atoms with van der Waals surface area (Å²) in [5.74, 6) is -0.820. The Morgan fingerprint density at radius 3 is 2.19 bits per heavy atom. The van der Waals surface area contributed by atoms with Gasteiger partial charge in [0.05, 0.1) is 4.90 Å². The molecule has 8 heteroatoms. The van der Waals surface area contributed by atoms with Gasteiger partial charge in [0.25, 0.3) is 10.0 Å². The van der Waals surface area contributed by atoms with Gasteiger partial charge in [-0.1, -0.05) is 23.7 Å². The fourth-order valence-electron chi connectivity index (χ4n) is 2.28. The molecule has 2 aromatic carbocycles. The Morgan fingerprint density at radius 2 is 1.62 bits per heavy atom. The van der Waals surface area contributed by atoms with Gasteiger partial charge in [-0.25, -0.2) is 13.1 Å². The zero-order valence-corrected chi connectivity index (χ0v) is 15.7. The van der Waals surface area contributed by atoms with Crippen molar-refractivity contribution in [2.45, 2.75) is 31.1 Å². The Kier molecular flexibility index (Phi) is 6.76. The van der Waals surface area contributed by atoms with Crippen LogP contribution in [0.2, 0.25) is 5.02 Å². The highest BCUT2D eigenvalue weighted by molar-refractivity contribution is 7.90. The van der Waals surface area contributed by atoms with Crippen molar-refractivity contribution in [3.05, 3.63) is 59.1 Å². The van der Waals surface area contributed by atoms with Gasteiger partial charge < -0.3 is 5.32 Å². The van der Waals surface area contributed by atoms with Gasteiger partial charge in [-0.3, -0.25) is 9.59 Å². The van der Waals surface area contributed by atoms with Crippen molar-refractivity contribution < 1.29 is 18.0 Å². The predicted octanol–water partition coefficient (Wildman–Crippen LogP) is 3.13. The van der Waals surface area contributed by atoms with E-state index in [1.807, 2.05) is 12.1 Å². The molecule has 138 valence electrons. The lowest BCUT2D eigenvalue weighted by Crippen LogP contribution is -2.30. The van der Waals surface area contributed by atoms with Crippen molar-refractivity contribution in [2.24, 2.45) is 0 Å². The van der Waals surface area contributed by atoms with E-state index in [4.69, 9.17) is 11.6 Å². The summed E-state index contributed by atoms with van der Waals surface area (Å²) in [4.78, 5) is 22.8. The molecule has 0 bridgehead atoms. The number of hydrogen-bond acceptors (Lipinski definition) is 4. The molecule has 0 radical (unpaired) electrons. The number of carbonyl (C=O) groups excluding carboxylic acids is 2. The fraction of sp³-hybridized carbons (Fsp3) is 0.222. The highest BCUT2D eigenvalue weighted by atomic mass is 35.5. The lowest BCUT2D eigenvalue weighted by atomic mass is 10.1. The molecule has 6 nitrogen and oxygen atoms in total. The molecule has 0 aliphatic carbocycles. The van der Waals surface area contributed by atoms with Crippen LogP contribution in [0.4, 0.5) is 5.69 Å². The van der Waals surface area contributed by atoms with Gasteiger partial charge in [0.15, 0.2) is 0 Å². The lowest BCUT2D eigenvalue weighted by Gasteiger charge is -2.08. The molecular formula is C18H19ClN2O4S. The van der Waals surface area contributed by atoms with E-state index in [0.29, 0.717) is 23.6 Å². The van der Waals surface area contributed by atoms with Gasteiger partial charge in [-0.15, -0.1) is 0 Å². The first kappa shape index (κ1) is 19.9. The average molecular weight is 395 g/mol. The third-order valence-electron chi connectivity index (χ3n) is 3.52. The predicted molar refractivity (Wildman–Crippen MR) is 100 cm³/mol. The minimum atomic E-state index is -3.94. The smallest absolute Gasteiger partial charge is 0.264 e. The molecule has 0 aromatic heterocycles. The Morgan fingerprint density at radius 1 is 1.00 bits per heavy atom. The molecule has 0 atom stereocenters. The molecule has 0 saturated carbocycles. The van der Waals surface area contributed by atoms with Crippen LogP contribution in [-0.2, 0) is 26.0 Å². The number of benzene rings is 2. The quantitative estimate of drug-likeness (QED) is 0.754. The van der Waals surface area contributed by atoms with E-state index in [9.17, 15) is 18.0 Å². The number of hydrogen-bond donors (Lipinski definition) is 2. The van der Waals surface area contributed by atoms with Crippen LogP contribution in [0.5, 0.6) is 0 Å². The molecule has 2 amide bonds. The number of halogens is 1. The SMILES string of the molecule is CC(=O)Nc1ccc(S(=O)(=O)NC(=O)CCCc2ccc(Cl)cc2)cc1. The molecular weight excluding hydrogens is 376 g/mol. The largest absolute Gasteiger partial charge is 0.326 e. The molecule has 2 N–H and O–H groups in total. The molecule has 0 heterocycles. The van der Waals surface area contributed by atoms with E-state index in [2.05, 4.69) is 10.0 Å². The van der Waals surface area contributed by atoms with E-state index in [1.165, 1.54) is 31.2 Å². The van der Waals surface area contributed by atoms with Crippen LogP contribution < -0.4 is 10.0 Å². The molecule has 0 unspecified atom stereocenters. The van der Waals surface area contributed by atoms with E-state index in [1.54, 1.807) is 12.1 Å². The number of rotatable bonds is 7. The lowest BCUT2D eigenvalue weighted by molar-refractivity contribution is -0.119. The molecule has 0 fully saturated rings. The summed E-state index contributed by atoms with van der Waals surface area (Å²) in [6.45, 7) is 1.36. The van der Waals surface area contributed by atoms with Gasteiger partial charge in [-0.2, -0.15) is 0 Å². The number of anilines is 1. The maximum absolute atomic E-state index is 12.2. The number of amides is 2. The van der Waals surface area contributed by atoms with Gasteiger partial charge >= 0.3 is 0 Å². The number of sulfonamides is 1. The molecule has 26 heavy (non-hydrogen) atoms. The third-order valence-corrected chi connectivity index (χ3v) is 5.16. The van der Waals surface area contributed by atoms with Gasteiger partial charge in [0.2, 0.25) is 11.8 Å². The molecule has 2 rings (SSSR count). The highest BCUT2D eigenvalue weighted by Crippen LogP contribution is 2.15. The standard InChI is InChI=1S/C18H19ClN2O4S/c1-13(22)20-16-9-11-17(12-10-16)26(24,25)21-18(23)4-2-3-14-5-7-15(19)8-6-14/h5-12H,2-4H2,1H3,(H,20,22)(H,21,23). The first-order chi connectivity index (χ1) is 12.3. The summed E-state index contributed by atoms with van der Waals surface area (Å²) >= 11 is 5.81.